The lowest BCUT2D eigenvalue weighted by Crippen LogP contribution is -2.41. The number of nitrogens with one attached hydrogen (secondary N) is 2. The molecule has 9 heteroatoms. The van der Waals surface area contributed by atoms with Crippen molar-refractivity contribution in [2.75, 3.05) is 0 Å². The van der Waals surface area contributed by atoms with E-state index in [0.717, 1.165) is 12.0 Å². The quantitative estimate of drug-likeness (QED) is 0.628. The third-order valence-corrected chi connectivity index (χ3v) is 3.37. The lowest BCUT2D eigenvalue weighted by atomic mass is 10.2. The van der Waals surface area contributed by atoms with Crippen LogP contribution < -0.4 is 15.8 Å². The fraction of sp³-hybridized carbons (Fsp3) is 0.471. The molecule has 1 aromatic heterocycles. The van der Waals surface area contributed by atoms with E-state index in [1.165, 1.54) is 4.80 Å². The van der Waals surface area contributed by atoms with Crippen LogP contribution in [0.5, 0.6) is 0 Å². The number of primary amides is 1. The first-order valence-corrected chi connectivity index (χ1v) is 8.37. The first-order valence-electron chi connectivity index (χ1n) is 8.37. The number of tetrazole rings is 1. The summed E-state index contributed by atoms with van der Waals surface area (Å²) in [5.41, 5.74) is 5.78. The van der Waals surface area contributed by atoms with Crippen LogP contribution in [0.3, 0.4) is 0 Å². The van der Waals surface area contributed by atoms with E-state index in [-0.39, 0.29) is 6.42 Å². The fourth-order valence-electron chi connectivity index (χ4n) is 2.27. The number of nitrogens with zero attached hydrogens (tertiary/aromatic N) is 3. The number of ether oxygens (including phenoxy) is 1. The zero-order chi connectivity index (χ0) is 19.2. The number of hydrogen-bond acceptors (Lipinski definition) is 5. The molecule has 2 aromatic rings. The summed E-state index contributed by atoms with van der Waals surface area (Å²) in [6.45, 7) is 5.81. The topological polar surface area (TPSA) is 127 Å². The Bertz CT molecular complexity index is 738. The van der Waals surface area contributed by atoms with Gasteiger partial charge in [0.15, 0.2) is 0 Å². The number of aromatic amines is 1. The van der Waals surface area contributed by atoms with Gasteiger partial charge in [-0.1, -0.05) is 30.3 Å². The lowest BCUT2D eigenvalue weighted by molar-refractivity contribution is -0.805. The van der Waals surface area contributed by atoms with Gasteiger partial charge in [-0.25, -0.2) is 4.79 Å². The van der Waals surface area contributed by atoms with E-state index in [1.54, 1.807) is 20.8 Å². The van der Waals surface area contributed by atoms with Gasteiger partial charge in [-0.3, -0.25) is 4.79 Å². The van der Waals surface area contributed by atoms with Crippen LogP contribution in [0.25, 0.3) is 0 Å². The summed E-state index contributed by atoms with van der Waals surface area (Å²) < 4.78 is 5.21. The van der Waals surface area contributed by atoms with Gasteiger partial charge in [0.1, 0.15) is 23.4 Å². The number of aromatic nitrogens is 4. The smallest absolute Gasteiger partial charge is 0.408 e. The van der Waals surface area contributed by atoms with E-state index in [1.807, 2.05) is 30.3 Å². The number of carbonyl (C=O) groups excluding carboxylic acids is 2. The largest absolute Gasteiger partial charge is 0.444 e. The van der Waals surface area contributed by atoms with Crippen molar-refractivity contribution < 1.29 is 19.1 Å². The maximum Gasteiger partial charge on any atom is 0.408 e. The number of nitrogens with two attached hydrogens (primary N) is 1. The molecule has 4 N–H and O–H groups in total. The van der Waals surface area contributed by atoms with Crippen LogP contribution in [0.15, 0.2) is 30.3 Å². The molecule has 0 fully saturated rings. The van der Waals surface area contributed by atoms with Crippen molar-refractivity contribution in [3.8, 4) is 0 Å². The summed E-state index contributed by atoms with van der Waals surface area (Å²) in [4.78, 5) is 24.8. The first-order chi connectivity index (χ1) is 12.2. The molecule has 26 heavy (non-hydrogen) atoms. The van der Waals surface area contributed by atoms with Gasteiger partial charge < -0.3 is 15.8 Å². The summed E-state index contributed by atoms with van der Waals surface area (Å²) in [7, 11) is 0. The number of hydrogen-bond donors (Lipinski definition) is 3. The molecule has 0 saturated carbocycles. The standard InChI is InChI=1S/C17H24N6O3/c1-17(2,3)26-16(25)19-13(11-14(18)24)15-20-22-23(21-15)10-9-12-7-5-4-6-8-12/h4-8,13H,9-11H2,1-3H3,(H3,18,19,24,25)/p+1/t13-/m1/s1. The van der Waals surface area contributed by atoms with Crippen LogP contribution >= 0.6 is 0 Å². The summed E-state index contributed by atoms with van der Waals surface area (Å²) in [5, 5.41) is 13.7. The molecule has 0 aliphatic rings. The third-order valence-electron chi connectivity index (χ3n) is 3.37. The monoisotopic (exact) mass is 361 g/mol. The van der Waals surface area contributed by atoms with E-state index < -0.39 is 23.6 Å². The van der Waals surface area contributed by atoms with Crippen molar-refractivity contribution in [3.63, 3.8) is 0 Å². The average molecular weight is 361 g/mol. The fourth-order valence-corrected chi connectivity index (χ4v) is 2.27. The van der Waals surface area contributed by atoms with Crippen LogP contribution in [-0.4, -0.2) is 33.0 Å². The highest BCUT2D eigenvalue weighted by Gasteiger charge is 2.27. The highest BCUT2D eigenvalue weighted by molar-refractivity contribution is 5.76. The number of aryl methyl sites for hydroxylation is 2. The molecule has 2 rings (SSSR count). The Morgan fingerprint density at radius 1 is 1.31 bits per heavy atom. The van der Waals surface area contributed by atoms with Gasteiger partial charge in [0.05, 0.1) is 6.42 Å². The molecule has 9 nitrogen and oxygen atoms in total. The number of amides is 2. The van der Waals surface area contributed by atoms with E-state index in [9.17, 15) is 9.59 Å². The van der Waals surface area contributed by atoms with Crippen LogP contribution in [0.1, 0.15) is 44.6 Å². The summed E-state index contributed by atoms with van der Waals surface area (Å²) >= 11 is 0. The molecule has 140 valence electrons. The van der Waals surface area contributed by atoms with E-state index >= 15 is 0 Å². The Balaban J connectivity index is 2.02. The van der Waals surface area contributed by atoms with Crippen LogP contribution in [0.2, 0.25) is 0 Å². The molecule has 1 atom stereocenters. The second kappa shape index (κ2) is 8.41. The number of alkyl carbamates (subject to hydrolysis) is 1. The molecule has 0 unspecified atom stereocenters. The molecule has 0 bridgehead atoms. The predicted molar refractivity (Wildman–Crippen MR) is 92.6 cm³/mol. The molecular formula is C17H25N6O3+. The number of carbonyl (C=O) groups is 2. The van der Waals surface area contributed by atoms with E-state index in [2.05, 4.69) is 20.7 Å². The zero-order valence-electron chi connectivity index (χ0n) is 15.2. The van der Waals surface area contributed by atoms with E-state index in [0.29, 0.717) is 12.4 Å². The molecule has 0 radical (unpaired) electrons. The van der Waals surface area contributed by atoms with Gasteiger partial charge in [-0.15, -0.1) is 5.10 Å². The maximum absolute atomic E-state index is 12.0. The van der Waals surface area contributed by atoms with Crippen molar-refractivity contribution in [3.05, 3.63) is 41.7 Å². The Morgan fingerprint density at radius 2 is 2.00 bits per heavy atom. The average Bonchev–Trinajstić information content (AvgIpc) is 3.00. The van der Waals surface area contributed by atoms with Gasteiger partial charge in [0, 0.05) is 6.42 Å². The lowest BCUT2D eigenvalue weighted by Gasteiger charge is -2.21. The Hall–Kier alpha value is -2.97. The van der Waals surface area contributed by atoms with Crippen molar-refractivity contribution >= 4 is 12.0 Å². The van der Waals surface area contributed by atoms with Crippen LogP contribution in [0, 0.1) is 0 Å². The summed E-state index contributed by atoms with van der Waals surface area (Å²) in [6, 6.07) is 9.20. The molecule has 1 aromatic carbocycles. The van der Waals surface area contributed by atoms with Gasteiger partial charge >= 0.3 is 6.09 Å². The van der Waals surface area contributed by atoms with Crippen molar-refractivity contribution in [1.29, 1.82) is 0 Å². The molecule has 1 heterocycles. The zero-order valence-corrected chi connectivity index (χ0v) is 15.2. The molecule has 0 spiro atoms. The minimum Gasteiger partial charge on any atom is -0.444 e. The molecule has 0 aliphatic carbocycles. The van der Waals surface area contributed by atoms with Crippen molar-refractivity contribution in [1.82, 2.24) is 20.7 Å². The van der Waals surface area contributed by atoms with Gasteiger partial charge in [0.2, 0.25) is 5.91 Å². The van der Waals surface area contributed by atoms with Crippen molar-refractivity contribution in [2.45, 2.75) is 51.8 Å². The van der Waals surface area contributed by atoms with Crippen LogP contribution in [-0.2, 0) is 22.5 Å². The number of rotatable bonds is 7. The van der Waals surface area contributed by atoms with Gasteiger partial charge in [0.25, 0.3) is 5.82 Å². The number of H-pyrrole nitrogens is 1. The molecule has 2 amide bonds. The Morgan fingerprint density at radius 3 is 2.62 bits per heavy atom. The molecule has 0 aliphatic heterocycles. The SMILES string of the molecule is CC(C)(C)OC(=O)N[C@H](CC(N)=O)c1n[n+](CCc2ccccc2)n[nH]1. The second-order valence-electron chi connectivity index (χ2n) is 6.90. The highest BCUT2D eigenvalue weighted by Crippen LogP contribution is 2.13. The second-order valence-corrected chi connectivity index (χ2v) is 6.90. The van der Waals surface area contributed by atoms with Gasteiger partial charge in [-0.05, 0) is 36.2 Å². The van der Waals surface area contributed by atoms with Gasteiger partial charge in [-0.2, -0.15) is 0 Å². The maximum atomic E-state index is 12.0. The minimum absolute atomic E-state index is 0.118. The van der Waals surface area contributed by atoms with Crippen molar-refractivity contribution in [2.24, 2.45) is 5.73 Å². The highest BCUT2D eigenvalue weighted by atomic mass is 16.6. The molecule has 0 saturated heterocycles. The first kappa shape index (κ1) is 19.4. The van der Waals surface area contributed by atoms with Crippen LogP contribution in [0.4, 0.5) is 4.79 Å². The summed E-state index contributed by atoms with van der Waals surface area (Å²) in [5.74, 6) is -0.235. The molecular weight excluding hydrogens is 336 g/mol. The summed E-state index contributed by atoms with van der Waals surface area (Å²) in [6.07, 6.45) is -0.0217. The third kappa shape index (κ3) is 6.50. The Kier molecular flexibility index (Phi) is 6.26. The Labute approximate surface area is 151 Å². The normalized spacial score (nSPS) is 12.4. The minimum atomic E-state index is -0.743. The number of benzene rings is 1. The predicted octanol–water partition coefficient (Wildman–Crippen LogP) is 0.776. The van der Waals surface area contributed by atoms with E-state index in [4.69, 9.17) is 10.5 Å².